The zero-order valence-electron chi connectivity index (χ0n) is 14.8. The van der Waals surface area contributed by atoms with Crippen molar-refractivity contribution in [3.05, 3.63) is 52.0 Å². The Morgan fingerprint density at radius 1 is 1.27 bits per heavy atom. The second kappa shape index (κ2) is 10.9. The lowest BCUT2D eigenvalue weighted by Gasteiger charge is -2.19. The quantitative estimate of drug-likeness (QED) is 0.668. The van der Waals surface area contributed by atoms with Gasteiger partial charge in [-0.15, -0.1) is 23.7 Å². The van der Waals surface area contributed by atoms with Crippen molar-refractivity contribution in [1.82, 2.24) is 10.3 Å². The zero-order chi connectivity index (χ0) is 18.2. The Bertz CT molecular complexity index is 707. The van der Waals surface area contributed by atoms with Gasteiger partial charge in [-0.3, -0.25) is 9.59 Å². The Morgan fingerprint density at radius 3 is 2.58 bits per heavy atom. The first-order valence-electron chi connectivity index (χ1n) is 8.19. The third kappa shape index (κ3) is 6.74. The van der Waals surface area contributed by atoms with Gasteiger partial charge in [0.15, 0.2) is 0 Å². The summed E-state index contributed by atoms with van der Waals surface area (Å²) >= 11 is 1.40. The molecule has 1 aromatic heterocycles. The first-order valence-corrected chi connectivity index (χ1v) is 9.07. The van der Waals surface area contributed by atoms with Gasteiger partial charge >= 0.3 is 5.97 Å². The predicted octanol–water partition coefficient (Wildman–Crippen LogP) is 2.88. The molecule has 0 fully saturated rings. The van der Waals surface area contributed by atoms with E-state index in [1.165, 1.54) is 11.3 Å². The minimum atomic E-state index is -0.473. The van der Waals surface area contributed by atoms with Gasteiger partial charge in [0.05, 0.1) is 23.6 Å². The summed E-state index contributed by atoms with van der Waals surface area (Å²) in [6.45, 7) is 4.08. The van der Waals surface area contributed by atoms with Gasteiger partial charge < -0.3 is 15.8 Å². The lowest BCUT2D eigenvalue weighted by Crippen LogP contribution is -2.31. The summed E-state index contributed by atoms with van der Waals surface area (Å²) in [4.78, 5) is 28.8. The highest BCUT2D eigenvalue weighted by Gasteiger charge is 2.21. The van der Waals surface area contributed by atoms with Crippen molar-refractivity contribution < 1.29 is 14.3 Å². The molecule has 2 aromatic rings. The van der Waals surface area contributed by atoms with Crippen LogP contribution in [-0.2, 0) is 16.0 Å². The van der Waals surface area contributed by atoms with Crippen molar-refractivity contribution >= 4 is 35.6 Å². The van der Waals surface area contributed by atoms with Gasteiger partial charge in [0.25, 0.3) is 5.91 Å². The van der Waals surface area contributed by atoms with E-state index >= 15 is 0 Å². The first-order chi connectivity index (χ1) is 12.0. The smallest absolute Gasteiger partial charge is 0.308 e. The van der Waals surface area contributed by atoms with Crippen molar-refractivity contribution in [1.29, 1.82) is 0 Å². The van der Waals surface area contributed by atoms with E-state index in [4.69, 9.17) is 10.5 Å². The van der Waals surface area contributed by atoms with Crippen molar-refractivity contribution in [3.8, 4) is 0 Å². The molecule has 1 atom stereocenters. The molecule has 6 nitrogen and oxygen atoms in total. The topological polar surface area (TPSA) is 94.3 Å². The summed E-state index contributed by atoms with van der Waals surface area (Å²) in [5, 5.41) is 5.41. The summed E-state index contributed by atoms with van der Waals surface area (Å²) in [7, 11) is 0. The van der Waals surface area contributed by atoms with E-state index in [0.717, 1.165) is 10.6 Å². The van der Waals surface area contributed by atoms with Crippen LogP contribution in [0.15, 0.2) is 35.7 Å². The van der Waals surface area contributed by atoms with Crippen LogP contribution in [0.3, 0.4) is 0 Å². The lowest BCUT2D eigenvalue weighted by atomic mass is 10.0. The first kappa shape index (κ1) is 22.1. The molecule has 0 aliphatic carbocycles. The highest BCUT2D eigenvalue weighted by atomic mass is 35.5. The van der Waals surface area contributed by atoms with Crippen LogP contribution in [-0.4, -0.2) is 29.5 Å². The van der Waals surface area contributed by atoms with E-state index in [1.807, 2.05) is 30.3 Å². The van der Waals surface area contributed by atoms with Crippen LogP contribution < -0.4 is 11.1 Å². The Kier molecular flexibility index (Phi) is 9.26. The third-order valence-corrected chi connectivity index (χ3v) is 4.30. The average Bonchev–Trinajstić information content (AvgIpc) is 3.03. The molecule has 0 radical (unpaired) electrons. The van der Waals surface area contributed by atoms with E-state index in [9.17, 15) is 9.59 Å². The fraction of sp³-hybridized carbons (Fsp3) is 0.389. The number of aromatic nitrogens is 1. The number of esters is 1. The van der Waals surface area contributed by atoms with Crippen LogP contribution in [0.25, 0.3) is 0 Å². The molecule has 0 spiro atoms. The summed E-state index contributed by atoms with van der Waals surface area (Å²) < 4.78 is 5.21. The van der Waals surface area contributed by atoms with E-state index < -0.39 is 6.04 Å². The number of ether oxygens (including phenoxy) is 1. The van der Waals surface area contributed by atoms with Crippen LogP contribution in [0.5, 0.6) is 0 Å². The van der Waals surface area contributed by atoms with Crippen LogP contribution >= 0.6 is 23.7 Å². The van der Waals surface area contributed by atoms with Gasteiger partial charge in [0.1, 0.15) is 5.69 Å². The second-order valence-corrected chi connectivity index (χ2v) is 6.79. The standard InChI is InChI=1S/C18H23N3O3S.ClH/c1-12(2)24-17(22)10-14(13-6-4-3-5-7-13)21-18(23)15-11-25-16(20-15)8-9-19;/h3-7,11-12,14H,8-10,19H2,1-2H3,(H,21,23);1H. The molecule has 0 saturated heterocycles. The Hall–Kier alpha value is -1.96. The third-order valence-electron chi connectivity index (χ3n) is 3.39. The fourth-order valence-corrected chi connectivity index (χ4v) is 3.10. The molecule has 26 heavy (non-hydrogen) atoms. The fourth-order valence-electron chi connectivity index (χ4n) is 2.30. The summed E-state index contributed by atoms with van der Waals surface area (Å²) in [5.74, 6) is -0.669. The molecular formula is C18H24ClN3O3S. The van der Waals surface area contributed by atoms with Gasteiger partial charge in [-0.1, -0.05) is 30.3 Å². The van der Waals surface area contributed by atoms with Crippen molar-refractivity contribution in [2.75, 3.05) is 6.54 Å². The van der Waals surface area contributed by atoms with Gasteiger partial charge in [-0.25, -0.2) is 4.98 Å². The Labute approximate surface area is 163 Å². The molecule has 3 N–H and O–H groups in total. The molecule has 1 amide bonds. The molecule has 0 aliphatic heterocycles. The molecule has 0 saturated carbocycles. The molecule has 142 valence electrons. The van der Waals surface area contributed by atoms with Gasteiger partial charge in [-0.2, -0.15) is 0 Å². The van der Waals surface area contributed by atoms with E-state index in [1.54, 1.807) is 19.2 Å². The number of thiazole rings is 1. The van der Waals surface area contributed by atoms with Gasteiger partial charge in [0.2, 0.25) is 0 Å². The predicted molar refractivity (Wildman–Crippen MR) is 105 cm³/mol. The van der Waals surface area contributed by atoms with Crippen LogP contribution in [0, 0.1) is 0 Å². The minimum Gasteiger partial charge on any atom is -0.463 e. The molecule has 8 heteroatoms. The largest absolute Gasteiger partial charge is 0.463 e. The number of carbonyl (C=O) groups is 2. The maximum Gasteiger partial charge on any atom is 0.308 e. The Balaban J connectivity index is 0.00000338. The number of amides is 1. The maximum absolute atomic E-state index is 12.5. The highest BCUT2D eigenvalue weighted by Crippen LogP contribution is 2.19. The summed E-state index contributed by atoms with van der Waals surface area (Å²) in [6.07, 6.45) is 0.506. The van der Waals surface area contributed by atoms with E-state index in [-0.39, 0.29) is 36.8 Å². The average molecular weight is 398 g/mol. The number of benzene rings is 1. The normalized spacial score (nSPS) is 11.5. The number of hydrogen-bond donors (Lipinski definition) is 2. The van der Waals surface area contributed by atoms with Crippen LogP contribution in [0.4, 0.5) is 0 Å². The van der Waals surface area contributed by atoms with Crippen LogP contribution in [0.2, 0.25) is 0 Å². The molecule has 0 aliphatic rings. The maximum atomic E-state index is 12.5. The van der Waals surface area contributed by atoms with Crippen molar-refractivity contribution in [3.63, 3.8) is 0 Å². The van der Waals surface area contributed by atoms with Gasteiger partial charge in [0, 0.05) is 11.8 Å². The van der Waals surface area contributed by atoms with Crippen LogP contribution in [0.1, 0.15) is 47.4 Å². The zero-order valence-corrected chi connectivity index (χ0v) is 16.4. The van der Waals surface area contributed by atoms with Gasteiger partial charge in [-0.05, 0) is 26.0 Å². The number of nitrogens with two attached hydrogens (primary N) is 1. The molecule has 1 heterocycles. The molecule has 0 bridgehead atoms. The minimum absolute atomic E-state index is 0. The number of hydrogen-bond acceptors (Lipinski definition) is 6. The molecule has 2 rings (SSSR count). The van der Waals surface area contributed by atoms with E-state index in [0.29, 0.717) is 18.7 Å². The summed E-state index contributed by atoms with van der Waals surface area (Å²) in [5.41, 5.74) is 6.69. The number of rotatable bonds is 8. The summed E-state index contributed by atoms with van der Waals surface area (Å²) in [6, 6.07) is 8.88. The molecular weight excluding hydrogens is 374 g/mol. The number of nitrogens with one attached hydrogen (secondary N) is 1. The second-order valence-electron chi connectivity index (χ2n) is 5.84. The molecule has 1 aromatic carbocycles. The molecule has 1 unspecified atom stereocenters. The SMILES string of the molecule is CC(C)OC(=O)CC(NC(=O)c1csc(CCN)n1)c1ccccc1.Cl. The van der Waals surface area contributed by atoms with E-state index in [2.05, 4.69) is 10.3 Å². The monoisotopic (exact) mass is 397 g/mol. The Morgan fingerprint density at radius 2 is 1.96 bits per heavy atom. The van der Waals surface area contributed by atoms with Crippen molar-refractivity contribution in [2.24, 2.45) is 5.73 Å². The number of halogens is 1. The number of carbonyl (C=O) groups excluding carboxylic acids is 2. The van der Waals surface area contributed by atoms with Crippen molar-refractivity contribution in [2.45, 2.75) is 38.8 Å². The number of nitrogens with zero attached hydrogens (tertiary/aromatic N) is 1. The lowest BCUT2D eigenvalue weighted by molar-refractivity contribution is -0.147. The highest BCUT2D eigenvalue weighted by molar-refractivity contribution is 7.09.